The fraction of sp³-hybridized carbons (Fsp3) is 0.538. The van der Waals surface area contributed by atoms with Crippen LogP contribution in [0.5, 0.6) is 5.75 Å². The molecule has 3 heteroatoms. The van der Waals surface area contributed by atoms with Crippen LogP contribution in [-0.4, -0.2) is 23.6 Å². The van der Waals surface area contributed by atoms with Crippen molar-refractivity contribution in [2.24, 2.45) is 0 Å². The van der Waals surface area contributed by atoms with E-state index < -0.39 is 0 Å². The summed E-state index contributed by atoms with van der Waals surface area (Å²) < 4.78 is 0. The molecule has 0 unspecified atom stereocenters. The van der Waals surface area contributed by atoms with E-state index in [1.165, 1.54) is 44.1 Å². The van der Waals surface area contributed by atoms with Crippen molar-refractivity contribution in [2.45, 2.75) is 78.2 Å². The Morgan fingerprint density at radius 1 is 0.897 bits per heavy atom. The number of halogens is 1. The van der Waals surface area contributed by atoms with Gasteiger partial charge >= 0.3 is 0 Å². The topological polar surface area (TPSA) is 23.5 Å². The van der Waals surface area contributed by atoms with Gasteiger partial charge in [-0.25, -0.2) is 0 Å². The number of benzene rings is 2. The van der Waals surface area contributed by atoms with Crippen molar-refractivity contribution in [3.05, 3.63) is 53.6 Å². The Morgan fingerprint density at radius 3 is 2.14 bits per heavy atom. The third-order valence-corrected chi connectivity index (χ3v) is 5.47. The first-order chi connectivity index (χ1) is 13.3. The van der Waals surface area contributed by atoms with Crippen molar-refractivity contribution in [1.82, 2.24) is 4.90 Å². The van der Waals surface area contributed by atoms with E-state index in [1.807, 2.05) is 18.2 Å². The van der Waals surface area contributed by atoms with E-state index in [2.05, 4.69) is 63.9 Å². The Hall–Kier alpha value is -1.51. The fourth-order valence-corrected chi connectivity index (χ4v) is 3.62. The molecule has 0 spiro atoms. The van der Waals surface area contributed by atoms with Crippen molar-refractivity contribution < 1.29 is 5.11 Å². The van der Waals surface area contributed by atoms with Gasteiger partial charge in [0.05, 0.1) is 0 Å². The molecule has 2 rings (SSSR count). The Labute approximate surface area is 184 Å². The molecule has 162 valence electrons. The SMILES string of the molecule is CCCCCCCCN(C)Cc1cc(C(C)(C)C)cc(-c2ccccc2)c1O.Cl. The van der Waals surface area contributed by atoms with Crippen LogP contribution in [0.25, 0.3) is 11.1 Å². The second-order valence-corrected chi connectivity index (χ2v) is 9.15. The molecule has 0 aromatic heterocycles. The summed E-state index contributed by atoms with van der Waals surface area (Å²) in [5, 5.41) is 11.0. The molecule has 2 nitrogen and oxygen atoms in total. The van der Waals surface area contributed by atoms with E-state index in [0.717, 1.165) is 29.8 Å². The first-order valence-electron chi connectivity index (χ1n) is 10.9. The van der Waals surface area contributed by atoms with E-state index in [1.54, 1.807) is 0 Å². The van der Waals surface area contributed by atoms with E-state index in [9.17, 15) is 5.11 Å². The van der Waals surface area contributed by atoms with Crippen LogP contribution in [0.2, 0.25) is 0 Å². The lowest BCUT2D eigenvalue weighted by Crippen LogP contribution is -2.20. The maximum Gasteiger partial charge on any atom is 0.127 e. The molecule has 0 radical (unpaired) electrons. The molecule has 0 aliphatic rings. The van der Waals surface area contributed by atoms with Crippen LogP contribution in [0.4, 0.5) is 0 Å². The van der Waals surface area contributed by atoms with Gasteiger partial charge in [0.15, 0.2) is 0 Å². The van der Waals surface area contributed by atoms with Crippen molar-refractivity contribution >= 4 is 12.4 Å². The van der Waals surface area contributed by atoms with E-state index in [4.69, 9.17) is 0 Å². The molecule has 1 N–H and O–H groups in total. The maximum atomic E-state index is 11.0. The Kier molecular flexibility index (Phi) is 10.8. The van der Waals surface area contributed by atoms with Gasteiger partial charge in [-0.3, -0.25) is 0 Å². The van der Waals surface area contributed by atoms with Gasteiger partial charge in [-0.2, -0.15) is 0 Å². The molecule has 0 heterocycles. The van der Waals surface area contributed by atoms with E-state index in [-0.39, 0.29) is 17.8 Å². The predicted octanol–water partition coefficient (Wildman–Crippen LogP) is 7.57. The molecule has 0 amide bonds. The first kappa shape index (κ1) is 25.5. The molecule has 0 atom stereocenters. The second kappa shape index (κ2) is 12.2. The average Bonchev–Trinajstić information content (AvgIpc) is 2.66. The Balaban J connectivity index is 0.00000420. The Morgan fingerprint density at radius 2 is 1.52 bits per heavy atom. The number of aromatic hydroxyl groups is 1. The molecule has 0 saturated carbocycles. The molecule has 0 fully saturated rings. The molecule has 2 aromatic rings. The third kappa shape index (κ3) is 8.03. The van der Waals surface area contributed by atoms with Gasteiger partial charge in [0.1, 0.15) is 5.75 Å². The van der Waals surface area contributed by atoms with Gasteiger partial charge in [0.2, 0.25) is 0 Å². The van der Waals surface area contributed by atoms with Crippen LogP contribution in [0.1, 0.15) is 77.3 Å². The minimum atomic E-state index is 0. The van der Waals surface area contributed by atoms with Crippen LogP contribution in [0.15, 0.2) is 42.5 Å². The fourth-order valence-electron chi connectivity index (χ4n) is 3.62. The summed E-state index contributed by atoms with van der Waals surface area (Å²) in [5.41, 5.74) is 4.36. The molecular weight excluding hydrogens is 378 g/mol. The molecule has 0 aliphatic heterocycles. The van der Waals surface area contributed by atoms with Crippen LogP contribution in [0, 0.1) is 0 Å². The summed E-state index contributed by atoms with van der Waals surface area (Å²) in [5.74, 6) is 0.425. The minimum Gasteiger partial charge on any atom is -0.507 e. The summed E-state index contributed by atoms with van der Waals surface area (Å²) in [6.45, 7) is 10.8. The highest BCUT2D eigenvalue weighted by Gasteiger charge is 2.20. The zero-order valence-corrected chi connectivity index (χ0v) is 19.8. The smallest absolute Gasteiger partial charge is 0.127 e. The lowest BCUT2D eigenvalue weighted by molar-refractivity contribution is 0.310. The number of hydrogen-bond donors (Lipinski definition) is 1. The number of unbranched alkanes of at least 4 members (excludes halogenated alkanes) is 5. The number of nitrogens with zero attached hydrogens (tertiary/aromatic N) is 1. The molecule has 0 bridgehead atoms. The predicted molar refractivity (Wildman–Crippen MR) is 129 cm³/mol. The highest BCUT2D eigenvalue weighted by atomic mass is 35.5. The zero-order chi connectivity index (χ0) is 20.6. The third-order valence-electron chi connectivity index (χ3n) is 5.47. The largest absolute Gasteiger partial charge is 0.507 e. The zero-order valence-electron chi connectivity index (χ0n) is 19.0. The highest BCUT2D eigenvalue weighted by molar-refractivity contribution is 5.85. The van der Waals surface area contributed by atoms with Gasteiger partial charge < -0.3 is 10.0 Å². The van der Waals surface area contributed by atoms with E-state index in [0.29, 0.717) is 5.75 Å². The monoisotopic (exact) mass is 417 g/mol. The van der Waals surface area contributed by atoms with Gasteiger partial charge in [-0.1, -0.05) is 96.2 Å². The van der Waals surface area contributed by atoms with Crippen molar-refractivity contribution in [1.29, 1.82) is 0 Å². The Bertz CT molecular complexity index is 721. The number of hydrogen-bond acceptors (Lipinski definition) is 2. The summed E-state index contributed by atoms with van der Waals surface area (Å²) in [6.07, 6.45) is 7.87. The lowest BCUT2D eigenvalue weighted by atomic mass is 9.83. The van der Waals surface area contributed by atoms with Crippen LogP contribution < -0.4 is 0 Å². The summed E-state index contributed by atoms with van der Waals surface area (Å²) in [6, 6.07) is 14.6. The van der Waals surface area contributed by atoms with Crippen molar-refractivity contribution in [2.75, 3.05) is 13.6 Å². The summed E-state index contributed by atoms with van der Waals surface area (Å²) in [7, 11) is 2.16. The standard InChI is InChI=1S/C26H39NO.ClH/c1-6-7-8-9-10-14-17-27(5)20-22-18-23(26(2,3)4)19-24(25(22)28)21-15-12-11-13-16-21;/h11-13,15-16,18-19,28H,6-10,14,17,20H2,1-5H3;1H. The van der Waals surface area contributed by atoms with E-state index >= 15 is 0 Å². The molecule has 0 aliphatic carbocycles. The number of phenolic OH excluding ortho intramolecular Hbond substituents is 1. The molecule has 2 aromatic carbocycles. The summed E-state index contributed by atoms with van der Waals surface area (Å²) >= 11 is 0. The average molecular weight is 418 g/mol. The van der Waals surface area contributed by atoms with Crippen molar-refractivity contribution in [3.63, 3.8) is 0 Å². The molecule has 29 heavy (non-hydrogen) atoms. The number of rotatable bonds is 10. The van der Waals surface area contributed by atoms with Gasteiger partial charge in [-0.15, -0.1) is 12.4 Å². The van der Waals surface area contributed by atoms with Crippen LogP contribution in [-0.2, 0) is 12.0 Å². The minimum absolute atomic E-state index is 0. The van der Waals surface area contributed by atoms with Gasteiger partial charge in [0, 0.05) is 17.7 Å². The normalized spacial score (nSPS) is 11.5. The summed E-state index contributed by atoms with van der Waals surface area (Å²) in [4.78, 5) is 2.34. The molecule has 0 saturated heterocycles. The molecular formula is C26H40ClNO. The quantitative estimate of drug-likeness (QED) is 0.403. The first-order valence-corrected chi connectivity index (χ1v) is 10.9. The lowest BCUT2D eigenvalue weighted by Gasteiger charge is -2.24. The van der Waals surface area contributed by atoms with Gasteiger partial charge in [0.25, 0.3) is 0 Å². The van der Waals surface area contributed by atoms with Gasteiger partial charge in [-0.05, 0) is 42.6 Å². The van der Waals surface area contributed by atoms with Crippen LogP contribution in [0.3, 0.4) is 0 Å². The second-order valence-electron chi connectivity index (χ2n) is 9.15. The maximum absolute atomic E-state index is 11.0. The van der Waals surface area contributed by atoms with Crippen LogP contribution >= 0.6 is 12.4 Å². The highest BCUT2D eigenvalue weighted by Crippen LogP contribution is 2.37. The number of phenols is 1. The van der Waals surface area contributed by atoms with Crippen molar-refractivity contribution in [3.8, 4) is 16.9 Å².